The molecule has 0 fully saturated rings. The number of rotatable bonds is 5. The van der Waals surface area contributed by atoms with Crippen LogP contribution >= 0.6 is 0 Å². The lowest BCUT2D eigenvalue weighted by Crippen LogP contribution is -2.27. The zero-order chi connectivity index (χ0) is 19.0. The van der Waals surface area contributed by atoms with Gasteiger partial charge in [-0.05, 0) is 30.4 Å². The number of aromatic nitrogens is 4. The maximum atomic E-state index is 14.2. The van der Waals surface area contributed by atoms with Crippen molar-refractivity contribution in [1.29, 1.82) is 0 Å². The molecule has 0 amide bonds. The highest BCUT2D eigenvalue weighted by molar-refractivity contribution is 5.77. The van der Waals surface area contributed by atoms with E-state index in [1.807, 2.05) is 19.9 Å². The molecule has 3 aromatic rings. The molecule has 0 atom stereocenters. The molecule has 3 aromatic heterocycles. The molecule has 3 N–H and O–H groups in total. The molecule has 0 aliphatic rings. The van der Waals surface area contributed by atoms with Crippen molar-refractivity contribution in [3.8, 4) is 0 Å². The Hall–Kier alpha value is -2.70. The summed E-state index contributed by atoms with van der Waals surface area (Å²) < 4.78 is 15.8. The van der Waals surface area contributed by atoms with Crippen molar-refractivity contribution in [3.05, 3.63) is 51.7 Å². The number of aromatic amines is 1. The van der Waals surface area contributed by atoms with Gasteiger partial charge in [0.1, 0.15) is 11.3 Å². The first-order valence-corrected chi connectivity index (χ1v) is 8.79. The van der Waals surface area contributed by atoms with Gasteiger partial charge >= 0.3 is 0 Å². The van der Waals surface area contributed by atoms with Crippen LogP contribution in [0.1, 0.15) is 50.8 Å². The van der Waals surface area contributed by atoms with Crippen molar-refractivity contribution in [2.75, 3.05) is 5.73 Å². The Morgan fingerprint density at radius 3 is 2.65 bits per heavy atom. The van der Waals surface area contributed by atoms with Crippen LogP contribution in [0.15, 0.2) is 23.1 Å². The molecule has 0 unspecified atom stereocenters. The highest BCUT2D eigenvalue weighted by Crippen LogP contribution is 2.21. The van der Waals surface area contributed by atoms with Gasteiger partial charge in [-0.25, -0.2) is 9.37 Å². The summed E-state index contributed by atoms with van der Waals surface area (Å²) >= 11 is 0. The van der Waals surface area contributed by atoms with E-state index in [1.165, 1.54) is 6.20 Å². The van der Waals surface area contributed by atoms with Gasteiger partial charge in [-0.1, -0.05) is 27.7 Å². The third-order valence-corrected chi connectivity index (χ3v) is 4.34. The summed E-state index contributed by atoms with van der Waals surface area (Å²) in [6.45, 7) is 8.37. The second kappa shape index (κ2) is 6.90. The van der Waals surface area contributed by atoms with E-state index in [-0.39, 0.29) is 29.2 Å². The number of fused-ring (bicyclic) bond motifs is 1. The Labute approximate surface area is 151 Å². The molecular weight excluding hydrogens is 333 g/mol. The first-order valence-electron chi connectivity index (χ1n) is 8.79. The minimum atomic E-state index is -0.473. The van der Waals surface area contributed by atoms with Crippen LogP contribution < -0.4 is 11.3 Å². The van der Waals surface area contributed by atoms with Crippen molar-refractivity contribution in [1.82, 2.24) is 19.5 Å². The lowest BCUT2D eigenvalue weighted by atomic mass is 10.1. The highest BCUT2D eigenvalue weighted by atomic mass is 19.1. The lowest BCUT2D eigenvalue weighted by Gasteiger charge is -2.15. The molecule has 0 aromatic carbocycles. The van der Waals surface area contributed by atoms with Gasteiger partial charge in [-0.2, -0.15) is 0 Å². The molecule has 3 rings (SSSR count). The maximum Gasteiger partial charge on any atom is 0.274 e. The minimum absolute atomic E-state index is 0.141. The van der Waals surface area contributed by atoms with Crippen LogP contribution in [-0.2, 0) is 13.0 Å². The fourth-order valence-corrected chi connectivity index (χ4v) is 3.11. The summed E-state index contributed by atoms with van der Waals surface area (Å²) in [6.07, 6.45) is 1.92. The van der Waals surface area contributed by atoms with Crippen molar-refractivity contribution in [3.63, 3.8) is 0 Å². The first kappa shape index (κ1) is 18.1. The smallest absolute Gasteiger partial charge is 0.274 e. The van der Waals surface area contributed by atoms with E-state index < -0.39 is 5.82 Å². The molecule has 0 aliphatic carbocycles. The number of H-pyrrole nitrogens is 1. The zero-order valence-electron chi connectivity index (χ0n) is 15.5. The molecule has 7 heteroatoms. The Bertz CT molecular complexity index is 1000. The number of halogens is 1. The van der Waals surface area contributed by atoms with Gasteiger partial charge in [0.2, 0.25) is 0 Å². The van der Waals surface area contributed by atoms with Crippen LogP contribution in [0.3, 0.4) is 0 Å². The summed E-state index contributed by atoms with van der Waals surface area (Å²) in [5, 5.41) is 0. The molecule has 0 bridgehead atoms. The molecule has 0 spiro atoms. The molecular formula is C19H24FN5O. The number of nitrogens with one attached hydrogen (secondary N) is 1. The maximum absolute atomic E-state index is 14.2. The number of anilines is 1. The monoisotopic (exact) mass is 357 g/mol. The number of imidazole rings is 1. The van der Waals surface area contributed by atoms with Crippen molar-refractivity contribution >= 4 is 16.7 Å². The molecule has 6 nitrogen and oxygen atoms in total. The van der Waals surface area contributed by atoms with Crippen LogP contribution in [0.25, 0.3) is 11.0 Å². The SMILES string of the molecule is CC(C)Cc1ncc(F)c2nc(Cn3c(C(C)C)ccc(N)c3=O)[nH]c12. The quantitative estimate of drug-likeness (QED) is 0.734. The molecule has 0 radical (unpaired) electrons. The third kappa shape index (κ3) is 3.34. The van der Waals surface area contributed by atoms with E-state index >= 15 is 0 Å². The molecule has 3 heterocycles. The molecule has 0 saturated heterocycles. The Morgan fingerprint density at radius 2 is 2.00 bits per heavy atom. The average Bonchev–Trinajstić information content (AvgIpc) is 2.99. The van der Waals surface area contributed by atoms with Crippen molar-refractivity contribution in [2.24, 2.45) is 5.92 Å². The van der Waals surface area contributed by atoms with Crippen LogP contribution in [0.4, 0.5) is 10.1 Å². The number of hydrogen-bond donors (Lipinski definition) is 2. The minimum Gasteiger partial charge on any atom is -0.394 e. The van der Waals surface area contributed by atoms with E-state index in [0.717, 1.165) is 11.4 Å². The zero-order valence-corrected chi connectivity index (χ0v) is 15.5. The molecule has 0 aliphatic heterocycles. The predicted molar refractivity (Wildman–Crippen MR) is 101 cm³/mol. The summed E-state index contributed by atoms with van der Waals surface area (Å²) in [4.78, 5) is 24.2. The molecule has 26 heavy (non-hydrogen) atoms. The van der Waals surface area contributed by atoms with Crippen LogP contribution in [-0.4, -0.2) is 19.5 Å². The van der Waals surface area contributed by atoms with Gasteiger partial charge in [0.05, 0.1) is 29.6 Å². The van der Waals surface area contributed by atoms with E-state index in [9.17, 15) is 9.18 Å². The summed E-state index contributed by atoms with van der Waals surface area (Å²) in [5.41, 5.74) is 8.18. The number of nitrogens with zero attached hydrogens (tertiary/aromatic N) is 3. The fraction of sp³-hybridized carbons (Fsp3) is 0.421. The standard InChI is InChI=1S/C19H24FN5O/c1-10(2)7-14-18-17(12(20)8-22-14)23-16(24-18)9-25-15(11(3)4)6-5-13(21)19(25)26/h5-6,8,10-11H,7,9,21H2,1-4H3,(H,23,24). The third-order valence-electron chi connectivity index (χ3n) is 4.34. The topological polar surface area (TPSA) is 89.6 Å². The molecule has 138 valence electrons. The highest BCUT2D eigenvalue weighted by Gasteiger charge is 2.16. The van der Waals surface area contributed by atoms with Gasteiger partial charge in [0.15, 0.2) is 5.82 Å². The second-order valence-corrected chi connectivity index (χ2v) is 7.32. The van der Waals surface area contributed by atoms with Gasteiger partial charge < -0.3 is 15.3 Å². The largest absolute Gasteiger partial charge is 0.394 e. The average molecular weight is 357 g/mol. The first-order chi connectivity index (χ1) is 12.3. The summed E-state index contributed by atoms with van der Waals surface area (Å²) in [6, 6.07) is 3.47. The van der Waals surface area contributed by atoms with Crippen LogP contribution in [0, 0.1) is 11.7 Å². The number of pyridine rings is 2. The van der Waals surface area contributed by atoms with Gasteiger partial charge in [-0.3, -0.25) is 9.78 Å². The summed E-state index contributed by atoms with van der Waals surface area (Å²) in [5.74, 6) is 0.556. The summed E-state index contributed by atoms with van der Waals surface area (Å²) in [7, 11) is 0. The second-order valence-electron chi connectivity index (χ2n) is 7.32. The lowest BCUT2D eigenvalue weighted by molar-refractivity contribution is 0.616. The van der Waals surface area contributed by atoms with Crippen LogP contribution in [0.2, 0.25) is 0 Å². The Morgan fingerprint density at radius 1 is 1.27 bits per heavy atom. The fourth-order valence-electron chi connectivity index (χ4n) is 3.11. The Kier molecular flexibility index (Phi) is 4.80. The molecule has 0 saturated carbocycles. The van der Waals surface area contributed by atoms with E-state index in [1.54, 1.807) is 10.6 Å². The van der Waals surface area contributed by atoms with Gasteiger partial charge in [0, 0.05) is 5.69 Å². The predicted octanol–water partition coefficient (Wildman–Crippen LogP) is 3.21. The van der Waals surface area contributed by atoms with Gasteiger partial charge in [-0.15, -0.1) is 0 Å². The van der Waals surface area contributed by atoms with Gasteiger partial charge in [0.25, 0.3) is 5.56 Å². The normalized spacial score (nSPS) is 11.8. The number of nitrogen functional groups attached to an aromatic ring is 1. The van der Waals surface area contributed by atoms with Crippen molar-refractivity contribution < 1.29 is 4.39 Å². The Balaban J connectivity index is 2.10. The van der Waals surface area contributed by atoms with E-state index in [2.05, 4.69) is 28.8 Å². The van der Waals surface area contributed by atoms with E-state index in [0.29, 0.717) is 23.7 Å². The van der Waals surface area contributed by atoms with E-state index in [4.69, 9.17) is 5.73 Å². The number of nitrogens with two attached hydrogens (primary N) is 1. The van der Waals surface area contributed by atoms with Crippen molar-refractivity contribution in [2.45, 2.75) is 46.6 Å². The number of hydrogen-bond acceptors (Lipinski definition) is 4. The van der Waals surface area contributed by atoms with Crippen LogP contribution in [0.5, 0.6) is 0 Å².